The zero-order chi connectivity index (χ0) is 12.3. The maximum Gasteiger partial charge on any atom is 0.123 e. The Balaban J connectivity index is 2.81. The molecule has 0 saturated heterocycles. The molecule has 1 rings (SSSR count). The zero-order valence-electron chi connectivity index (χ0n) is 10.6. The molecule has 0 heterocycles. The van der Waals surface area contributed by atoms with Crippen molar-refractivity contribution in [3.05, 3.63) is 47.8 Å². The van der Waals surface area contributed by atoms with Crippen LogP contribution in [-0.2, 0) is 0 Å². The molecule has 0 spiro atoms. The molecule has 1 heteroatoms. The molecule has 0 bridgehead atoms. The Morgan fingerprint density at radius 1 is 1.06 bits per heavy atom. The quantitative estimate of drug-likeness (QED) is 0.641. The third kappa shape index (κ3) is 2.94. The van der Waals surface area contributed by atoms with Crippen molar-refractivity contribution in [3.8, 4) is 0 Å². The normalized spacial score (nSPS) is 14.9. The highest BCUT2D eigenvalue weighted by atomic mass is 19.1. The number of halogens is 1. The molecule has 2 atom stereocenters. The monoisotopic (exact) mass is 220 g/mol. The van der Waals surface area contributed by atoms with Crippen molar-refractivity contribution in [1.82, 2.24) is 0 Å². The van der Waals surface area contributed by atoms with E-state index in [2.05, 4.69) is 34.3 Å². The van der Waals surface area contributed by atoms with Crippen LogP contribution in [0, 0.1) is 17.7 Å². The second-order valence-corrected chi connectivity index (χ2v) is 4.86. The highest BCUT2D eigenvalue weighted by Crippen LogP contribution is 2.31. The fourth-order valence-electron chi connectivity index (χ4n) is 1.90. The van der Waals surface area contributed by atoms with Gasteiger partial charge in [0.25, 0.3) is 0 Å². The van der Waals surface area contributed by atoms with Crippen molar-refractivity contribution in [1.29, 1.82) is 0 Å². The molecule has 0 aliphatic carbocycles. The maximum atomic E-state index is 12.8. The summed E-state index contributed by atoms with van der Waals surface area (Å²) in [6.45, 7) is 12.8. The number of allylic oxidation sites excluding steroid dienone is 1. The topological polar surface area (TPSA) is 0 Å². The minimum atomic E-state index is -0.175. The van der Waals surface area contributed by atoms with Crippen molar-refractivity contribution >= 4 is 0 Å². The molecule has 0 aliphatic rings. The first-order chi connectivity index (χ1) is 7.43. The first-order valence-electron chi connectivity index (χ1n) is 5.87. The third-order valence-corrected chi connectivity index (χ3v) is 3.47. The molecule has 1 aromatic rings. The van der Waals surface area contributed by atoms with Crippen LogP contribution in [0.2, 0.25) is 0 Å². The van der Waals surface area contributed by atoms with Gasteiger partial charge in [-0.2, -0.15) is 0 Å². The van der Waals surface area contributed by atoms with Gasteiger partial charge in [-0.25, -0.2) is 4.39 Å². The predicted molar refractivity (Wildman–Crippen MR) is 68.0 cm³/mol. The van der Waals surface area contributed by atoms with Crippen LogP contribution in [0.4, 0.5) is 4.39 Å². The summed E-state index contributed by atoms with van der Waals surface area (Å²) in [5, 5.41) is 0. The molecular formula is C15H21F. The van der Waals surface area contributed by atoms with Crippen LogP contribution in [0.5, 0.6) is 0 Å². The van der Waals surface area contributed by atoms with Crippen LogP contribution in [0.15, 0.2) is 36.4 Å². The number of rotatable bonds is 4. The molecule has 0 aromatic heterocycles. The van der Waals surface area contributed by atoms with Crippen LogP contribution in [0.3, 0.4) is 0 Å². The van der Waals surface area contributed by atoms with Crippen LogP contribution < -0.4 is 0 Å². The highest BCUT2D eigenvalue weighted by Gasteiger charge is 2.18. The van der Waals surface area contributed by atoms with Crippen LogP contribution in [-0.4, -0.2) is 0 Å². The van der Waals surface area contributed by atoms with E-state index in [1.54, 1.807) is 0 Å². The van der Waals surface area contributed by atoms with Crippen molar-refractivity contribution < 1.29 is 4.39 Å². The highest BCUT2D eigenvalue weighted by molar-refractivity contribution is 5.23. The summed E-state index contributed by atoms with van der Waals surface area (Å²) in [5.41, 5.74) is 2.44. The van der Waals surface area contributed by atoms with Crippen LogP contribution in [0.1, 0.15) is 39.2 Å². The van der Waals surface area contributed by atoms with E-state index in [1.807, 2.05) is 12.1 Å². The van der Waals surface area contributed by atoms with Gasteiger partial charge in [0.05, 0.1) is 0 Å². The van der Waals surface area contributed by atoms with E-state index in [4.69, 9.17) is 0 Å². The Hall–Kier alpha value is -1.11. The van der Waals surface area contributed by atoms with Gasteiger partial charge < -0.3 is 0 Å². The molecule has 0 nitrogen and oxygen atoms in total. The molecule has 0 amide bonds. The molecule has 0 saturated carbocycles. The van der Waals surface area contributed by atoms with Crippen LogP contribution in [0.25, 0.3) is 0 Å². The third-order valence-electron chi connectivity index (χ3n) is 3.47. The van der Waals surface area contributed by atoms with E-state index >= 15 is 0 Å². The van der Waals surface area contributed by atoms with Crippen molar-refractivity contribution in [2.45, 2.75) is 33.6 Å². The van der Waals surface area contributed by atoms with E-state index in [1.165, 1.54) is 23.3 Å². The first kappa shape index (κ1) is 13.0. The van der Waals surface area contributed by atoms with E-state index in [-0.39, 0.29) is 5.82 Å². The molecule has 0 radical (unpaired) electrons. The van der Waals surface area contributed by atoms with Crippen molar-refractivity contribution in [2.75, 3.05) is 0 Å². The SMILES string of the molecule is C=C(C(C)C)C(C)C(C)c1ccc(F)cc1. The number of hydrogen-bond donors (Lipinski definition) is 0. The minimum Gasteiger partial charge on any atom is -0.207 e. The average Bonchev–Trinajstić information content (AvgIpc) is 2.27. The molecule has 2 unspecified atom stereocenters. The number of benzene rings is 1. The molecule has 0 fully saturated rings. The molecule has 88 valence electrons. The van der Waals surface area contributed by atoms with Gasteiger partial charge in [-0.3, -0.25) is 0 Å². The van der Waals surface area contributed by atoms with Gasteiger partial charge in [0.15, 0.2) is 0 Å². The smallest absolute Gasteiger partial charge is 0.123 e. The van der Waals surface area contributed by atoms with Gasteiger partial charge in [0.2, 0.25) is 0 Å². The maximum absolute atomic E-state index is 12.8. The summed E-state index contributed by atoms with van der Waals surface area (Å²) in [7, 11) is 0. The van der Waals surface area contributed by atoms with Crippen molar-refractivity contribution in [2.24, 2.45) is 11.8 Å². The standard InChI is InChI=1S/C15H21F/c1-10(2)11(3)12(4)13(5)14-6-8-15(16)9-7-14/h6-10,12-13H,3H2,1-2,4-5H3. The summed E-state index contributed by atoms with van der Waals surface area (Å²) in [6.07, 6.45) is 0. The van der Waals surface area contributed by atoms with E-state index in [9.17, 15) is 4.39 Å². The lowest BCUT2D eigenvalue weighted by atomic mass is 9.80. The van der Waals surface area contributed by atoms with Gasteiger partial charge in [-0.05, 0) is 35.4 Å². The van der Waals surface area contributed by atoms with Gasteiger partial charge >= 0.3 is 0 Å². The molecule has 0 N–H and O–H groups in total. The zero-order valence-corrected chi connectivity index (χ0v) is 10.6. The molecular weight excluding hydrogens is 199 g/mol. The molecule has 0 aliphatic heterocycles. The fraction of sp³-hybridized carbons (Fsp3) is 0.467. The van der Waals surface area contributed by atoms with Crippen LogP contribution >= 0.6 is 0 Å². The summed E-state index contributed by atoms with van der Waals surface area (Å²) >= 11 is 0. The Bertz CT molecular complexity index is 348. The Morgan fingerprint density at radius 2 is 1.56 bits per heavy atom. The van der Waals surface area contributed by atoms with Crippen molar-refractivity contribution in [3.63, 3.8) is 0 Å². The number of hydrogen-bond acceptors (Lipinski definition) is 0. The van der Waals surface area contributed by atoms with E-state index in [0.717, 1.165) is 0 Å². The van der Waals surface area contributed by atoms with Gasteiger partial charge in [-0.15, -0.1) is 0 Å². The largest absolute Gasteiger partial charge is 0.207 e. The van der Waals surface area contributed by atoms with Gasteiger partial charge in [0.1, 0.15) is 5.82 Å². The fourth-order valence-corrected chi connectivity index (χ4v) is 1.90. The lowest BCUT2D eigenvalue weighted by molar-refractivity contribution is 0.508. The summed E-state index contributed by atoms with van der Waals surface area (Å²) < 4.78 is 12.8. The second kappa shape index (κ2) is 5.29. The molecule has 16 heavy (non-hydrogen) atoms. The second-order valence-electron chi connectivity index (χ2n) is 4.86. The summed E-state index contributed by atoms with van der Waals surface area (Å²) in [5.74, 6) is 1.13. The van der Waals surface area contributed by atoms with E-state index in [0.29, 0.717) is 17.8 Å². The summed E-state index contributed by atoms with van der Waals surface area (Å²) in [4.78, 5) is 0. The lowest BCUT2D eigenvalue weighted by Crippen LogP contribution is -2.12. The Labute approximate surface area is 98.2 Å². The molecule has 1 aromatic carbocycles. The predicted octanol–water partition coefficient (Wildman–Crippen LogP) is 4.78. The van der Waals surface area contributed by atoms with Gasteiger partial charge in [-0.1, -0.05) is 52.0 Å². The summed E-state index contributed by atoms with van der Waals surface area (Å²) in [6, 6.07) is 6.78. The average molecular weight is 220 g/mol. The Kier molecular flexibility index (Phi) is 4.28. The lowest BCUT2D eigenvalue weighted by Gasteiger charge is -2.25. The van der Waals surface area contributed by atoms with Gasteiger partial charge in [0, 0.05) is 0 Å². The Morgan fingerprint density at radius 3 is 2.00 bits per heavy atom. The van der Waals surface area contributed by atoms with E-state index < -0.39 is 0 Å². The minimum absolute atomic E-state index is 0.175. The first-order valence-corrected chi connectivity index (χ1v) is 5.87.